The topological polar surface area (TPSA) is 62.0 Å². The van der Waals surface area contributed by atoms with Crippen molar-refractivity contribution >= 4 is 5.82 Å². The van der Waals surface area contributed by atoms with Crippen LogP contribution in [0.1, 0.15) is 13.3 Å². The van der Waals surface area contributed by atoms with Gasteiger partial charge in [0.25, 0.3) is 0 Å². The highest BCUT2D eigenvalue weighted by Gasteiger charge is 2.04. The minimum atomic E-state index is 0.469. The fourth-order valence-electron chi connectivity index (χ4n) is 1.07. The Hall–Kier alpha value is -1.83. The minimum Gasteiger partial charge on any atom is -0.477 e. The smallest absolute Gasteiger partial charge is 0.234 e. The predicted octanol–water partition coefficient (Wildman–Crippen LogP) is 1.23. The predicted molar refractivity (Wildman–Crippen MR) is 56.7 cm³/mol. The van der Waals surface area contributed by atoms with Crippen LogP contribution in [0.25, 0.3) is 0 Å². The SMILES string of the molecule is CCOc1cncc(N(C)CCC#N)n1. The monoisotopic (exact) mass is 206 g/mol. The van der Waals surface area contributed by atoms with Gasteiger partial charge in [0.2, 0.25) is 5.88 Å². The molecule has 0 saturated heterocycles. The van der Waals surface area contributed by atoms with Crippen molar-refractivity contribution in [1.29, 1.82) is 5.26 Å². The van der Waals surface area contributed by atoms with Crippen LogP contribution in [-0.4, -0.2) is 30.2 Å². The molecule has 0 amide bonds. The normalized spacial score (nSPS) is 9.40. The third kappa shape index (κ3) is 3.43. The molecule has 0 bridgehead atoms. The zero-order valence-electron chi connectivity index (χ0n) is 8.97. The van der Waals surface area contributed by atoms with Crippen LogP contribution in [0.2, 0.25) is 0 Å². The van der Waals surface area contributed by atoms with Crippen LogP contribution in [0.5, 0.6) is 5.88 Å². The molecular formula is C10H14N4O. The fraction of sp³-hybridized carbons (Fsp3) is 0.500. The standard InChI is InChI=1S/C10H14N4O/c1-3-15-10-8-12-7-9(13-10)14(2)6-4-5-11/h7-8H,3-4,6H2,1-2H3. The van der Waals surface area contributed by atoms with E-state index < -0.39 is 0 Å². The van der Waals surface area contributed by atoms with Gasteiger partial charge in [-0.15, -0.1) is 0 Å². The van der Waals surface area contributed by atoms with Crippen molar-refractivity contribution in [3.8, 4) is 11.9 Å². The summed E-state index contributed by atoms with van der Waals surface area (Å²) >= 11 is 0. The van der Waals surface area contributed by atoms with Gasteiger partial charge in [-0.3, -0.25) is 4.98 Å². The van der Waals surface area contributed by atoms with Crippen molar-refractivity contribution in [3.63, 3.8) is 0 Å². The molecule has 0 aliphatic rings. The number of anilines is 1. The third-order valence-corrected chi connectivity index (χ3v) is 1.84. The lowest BCUT2D eigenvalue weighted by Gasteiger charge is -2.16. The van der Waals surface area contributed by atoms with Gasteiger partial charge in [0, 0.05) is 13.6 Å². The summed E-state index contributed by atoms with van der Waals surface area (Å²) in [5.41, 5.74) is 0. The molecule has 1 heterocycles. The molecule has 0 aliphatic carbocycles. The second-order valence-electron chi connectivity index (χ2n) is 2.98. The van der Waals surface area contributed by atoms with Crippen molar-refractivity contribution in [3.05, 3.63) is 12.4 Å². The molecular weight excluding hydrogens is 192 g/mol. The quantitative estimate of drug-likeness (QED) is 0.725. The van der Waals surface area contributed by atoms with Crippen molar-refractivity contribution in [2.45, 2.75) is 13.3 Å². The molecule has 1 rings (SSSR count). The number of hydrogen-bond donors (Lipinski definition) is 0. The zero-order chi connectivity index (χ0) is 11.1. The Kier molecular flexibility index (Phi) is 4.35. The van der Waals surface area contributed by atoms with E-state index in [2.05, 4.69) is 16.0 Å². The molecule has 5 heteroatoms. The molecule has 0 N–H and O–H groups in total. The maximum Gasteiger partial charge on any atom is 0.234 e. The molecule has 1 aromatic rings. The van der Waals surface area contributed by atoms with Crippen molar-refractivity contribution in [1.82, 2.24) is 9.97 Å². The number of ether oxygens (including phenoxy) is 1. The Labute approximate surface area is 89.3 Å². The van der Waals surface area contributed by atoms with E-state index in [4.69, 9.17) is 10.00 Å². The number of aromatic nitrogens is 2. The molecule has 0 unspecified atom stereocenters. The molecule has 15 heavy (non-hydrogen) atoms. The van der Waals surface area contributed by atoms with Gasteiger partial charge in [0.1, 0.15) is 0 Å². The second-order valence-corrected chi connectivity index (χ2v) is 2.98. The summed E-state index contributed by atoms with van der Waals surface area (Å²) in [6, 6.07) is 2.09. The van der Waals surface area contributed by atoms with E-state index in [9.17, 15) is 0 Å². The highest BCUT2D eigenvalue weighted by atomic mass is 16.5. The van der Waals surface area contributed by atoms with Gasteiger partial charge in [0.15, 0.2) is 5.82 Å². The van der Waals surface area contributed by atoms with Crippen molar-refractivity contribution < 1.29 is 4.74 Å². The van der Waals surface area contributed by atoms with Crippen molar-refractivity contribution in [2.75, 3.05) is 25.1 Å². The number of hydrogen-bond acceptors (Lipinski definition) is 5. The van der Waals surface area contributed by atoms with E-state index in [0.29, 0.717) is 25.5 Å². The van der Waals surface area contributed by atoms with Gasteiger partial charge in [0.05, 0.1) is 31.5 Å². The van der Waals surface area contributed by atoms with E-state index in [1.807, 2.05) is 18.9 Å². The Balaban J connectivity index is 2.67. The van der Waals surface area contributed by atoms with Gasteiger partial charge < -0.3 is 9.64 Å². The Morgan fingerprint density at radius 1 is 1.53 bits per heavy atom. The van der Waals surface area contributed by atoms with Crippen molar-refractivity contribution in [2.24, 2.45) is 0 Å². The zero-order valence-corrected chi connectivity index (χ0v) is 8.97. The molecule has 0 radical (unpaired) electrons. The van der Waals surface area contributed by atoms with Gasteiger partial charge in [-0.05, 0) is 6.92 Å². The molecule has 5 nitrogen and oxygen atoms in total. The maximum atomic E-state index is 8.46. The summed E-state index contributed by atoms with van der Waals surface area (Å²) in [5.74, 6) is 1.23. The van der Waals surface area contributed by atoms with Crippen LogP contribution in [0, 0.1) is 11.3 Å². The van der Waals surface area contributed by atoms with Crippen LogP contribution in [0.15, 0.2) is 12.4 Å². The average molecular weight is 206 g/mol. The van der Waals surface area contributed by atoms with E-state index in [1.54, 1.807) is 12.4 Å². The van der Waals surface area contributed by atoms with Gasteiger partial charge in [-0.25, -0.2) is 0 Å². The summed E-state index contributed by atoms with van der Waals surface area (Å²) in [5, 5.41) is 8.46. The van der Waals surface area contributed by atoms with Crippen LogP contribution in [0.4, 0.5) is 5.82 Å². The van der Waals surface area contributed by atoms with Gasteiger partial charge in [-0.1, -0.05) is 0 Å². The Morgan fingerprint density at radius 2 is 2.33 bits per heavy atom. The highest BCUT2D eigenvalue weighted by Crippen LogP contribution is 2.12. The summed E-state index contributed by atoms with van der Waals surface area (Å²) in [7, 11) is 1.87. The molecule has 0 spiro atoms. The second kappa shape index (κ2) is 5.81. The largest absolute Gasteiger partial charge is 0.477 e. The molecule has 80 valence electrons. The van der Waals surface area contributed by atoms with Crippen LogP contribution < -0.4 is 9.64 Å². The lowest BCUT2D eigenvalue weighted by atomic mass is 10.4. The summed E-state index contributed by atoms with van der Waals surface area (Å²) in [6.07, 6.45) is 3.70. The summed E-state index contributed by atoms with van der Waals surface area (Å²) < 4.78 is 5.24. The molecule has 0 aliphatic heterocycles. The Bertz CT molecular complexity index is 348. The first-order valence-corrected chi connectivity index (χ1v) is 4.81. The van der Waals surface area contributed by atoms with Crippen LogP contribution >= 0.6 is 0 Å². The minimum absolute atomic E-state index is 0.469. The first kappa shape index (κ1) is 11.2. The number of rotatable bonds is 5. The number of nitriles is 1. The third-order valence-electron chi connectivity index (χ3n) is 1.84. The van der Waals surface area contributed by atoms with E-state index in [1.165, 1.54) is 0 Å². The van der Waals surface area contributed by atoms with Gasteiger partial charge >= 0.3 is 0 Å². The average Bonchev–Trinajstić information content (AvgIpc) is 2.27. The lowest BCUT2D eigenvalue weighted by Crippen LogP contribution is -2.19. The summed E-state index contributed by atoms with van der Waals surface area (Å²) in [6.45, 7) is 3.11. The molecule has 1 aromatic heterocycles. The first-order valence-electron chi connectivity index (χ1n) is 4.81. The van der Waals surface area contributed by atoms with Crippen LogP contribution in [-0.2, 0) is 0 Å². The highest BCUT2D eigenvalue weighted by molar-refractivity contribution is 5.36. The summed E-state index contributed by atoms with van der Waals surface area (Å²) in [4.78, 5) is 10.1. The van der Waals surface area contributed by atoms with Gasteiger partial charge in [-0.2, -0.15) is 10.2 Å². The van der Waals surface area contributed by atoms with E-state index in [0.717, 1.165) is 5.82 Å². The molecule has 0 aromatic carbocycles. The van der Waals surface area contributed by atoms with E-state index in [-0.39, 0.29) is 0 Å². The Morgan fingerprint density at radius 3 is 3.00 bits per heavy atom. The number of nitrogens with zero attached hydrogens (tertiary/aromatic N) is 4. The first-order chi connectivity index (χ1) is 7.27. The maximum absolute atomic E-state index is 8.46. The molecule has 0 fully saturated rings. The fourth-order valence-corrected chi connectivity index (χ4v) is 1.07. The molecule has 0 atom stereocenters. The lowest BCUT2D eigenvalue weighted by molar-refractivity contribution is 0.325. The van der Waals surface area contributed by atoms with E-state index >= 15 is 0 Å². The van der Waals surface area contributed by atoms with Crippen LogP contribution in [0.3, 0.4) is 0 Å². The molecule has 0 saturated carbocycles.